The van der Waals surface area contributed by atoms with Crippen molar-refractivity contribution in [2.45, 2.75) is 65.3 Å². The Kier molecular flexibility index (Phi) is 12.2. The quantitative estimate of drug-likeness (QED) is 0.0850. The number of allylic oxidation sites excluding steroid dienone is 3. The fraction of sp³-hybridized carbons (Fsp3) is 0.375. The van der Waals surface area contributed by atoms with Crippen molar-refractivity contribution >= 4 is 51.5 Å². The summed E-state index contributed by atoms with van der Waals surface area (Å²) in [5.41, 5.74) is 9.83. The van der Waals surface area contributed by atoms with E-state index in [1.165, 1.54) is 5.57 Å². The molecule has 0 radical (unpaired) electrons. The van der Waals surface area contributed by atoms with Gasteiger partial charge in [0.05, 0.1) is 17.4 Å². The first-order valence-electron chi connectivity index (χ1n) is 21.6. The second kappa shape index (κ2) is 17.9. The minimum Gasteiger partial charge on any atom is -0.372 e. The molecule has 0 aliphatic carbocycles. The highest BCUT2D eigenvalue weighted by Crippen LogP contribution is 2.32. The lowest BCUT2D eigenvalue weighted by atomic mass is 9.95. The fourth-order valence-corrected chi connectivity index (χ4v) is 8.53. The molecule has 1 atom stereocenters. The summed E-state index contributed by atoms with van der Waals surface area (Å²) < 4.78 is 5.24. The molecule has 4 amide bonds. The standard InChI is InChI=1S/C48H55N11O4/c1-29(40-25-38-42(50-28-51-43(38)53-40)33-9-14-37(30(2)24-33)31(3)52-44(61)45-55-46(56-63-45)48(4,5)6)8-15-39(49-7)34-18-20-57(27-34)26-32-16-21-58(22-17-32)35-10-12-36(13-11-35)59-23-19-41(60)54-47(59)62/h8-15,18,24-25,28,31-32H,1,16-17,19-23,26-27H2,2-7H3,(H,52,61)(H,50,51,53)(H,54,60,62)/b15-8-,49-39?/t31-/m1/s1. The van der Waals surface area contributed by atoms with Crippen LogP contribution in [0.4, 0.5) is 16.2 Å². The van der Waals surface area contributed by atoms with Crippen molar-refractivity contribution in [3.05, 3.63) is 114 Å². The zero-order chi connectivity index (χ0) is 44.4. The number of carbonyl (C=O) groups excluding carboxylic acids is 3. The summed E-state index contributed by atoms with van der Waals surface area (Å²) in [6.07, 6.45) is 10.4. The maximum absolute atomic E-state index is 12.9. The monoisotopic (exact) mass is 849 g/mol. The smallest absolute Gasteiger partial charge is 0.328 e. The number of fused-ring (bicyclic) bond motifs is 1. The van der Waals surface area contributed by atoms with Gasteiger partial charge in [-0.15, -0.1) is 0 Å². The number of aromatic nitrogens is 5. The van der Waals surface area contributed by atoms with Crippen molar-refractivity contribution in [2.75, 3.05) is 56.1 Å². The van der Waals surface area contributed by atoms with Gasteiger partial charge in [0, 0.05) is 86.2 Å². The third-order valence-electron chi connectivity index (χ3n) is 12.1. The number of anilines is 2. The molecule has 15 nitrogen and oxygen atoms in total. The maximum Gasteiger partial charge on any atom is 0.328 e. The van der Waals surface area contributed by atoms with Crippen LogP contribution in [-0.2, 0) is 10.2 Å². The summed E-state index contributed by atoms with van der Waals surface area (Å²) >= 11 is 0. The van der Waals surface area contributed by atoms with Crippen molar-refractivity contribution in [1.29, 1.82) is 0 Å². The number of piperidine rings is 1. The van der Waals surface area contributed by atoms with Crippen molar-refractivity contribution in [3.63, 3.8) is 0 Å². The predicted octanol–water partition coefficient (Wildman–Crippen LogP) is 7.35. The fourth-order valence-electron chi connectivity index (χ4n) is 8.53. The zero-order valence-corrected chi connectivity index (χ0v) is 36.9. The molecule has 326 valence electrons. The number of hydrogen-bond acceptors (Lipinski definition) is 11. The molecule has 3 N–H and O–H groups in total. The van der Waals surface area contributed by atoms with Gasteiger partial charge in [0.25, 0.3) is 0 Å². The van der Waals surface area contributed by atoms with Gasteiger partial charge in [-0.05, 0) is 97.4 Å². The van der Waals surface area contributed by atoms with E-state index < -0.39 is 5.91 Å². The lowest BCUT2D eigenvalue weighted by molar-refractivity contribution is -0.120. The van der Waals surface area contributed by atoms with E-state index in [4.69, 9.17) is 4.52 Å². The van der Waals surface area contributed by atoms with E-state index in [0.717, 1.165) is 102 Å². The van der Waals surface area contributed by atoms with Crippen LogP contribution >= 0.6 is 0 Å². The van der Waals surface area contributed by atoms with Crippen LogP contribution in [0.5, 0.6) is 0 Å². The highest BCUT2D eigenvalue weighted by atomic mass is 16.5. The molecule has 3 aliphatic heterocycles. The molecular weight excluding hydrogens is 795 g/mol. The van der Waals surface area contributed by atoms with Gasteiger partial charge in [-0.3, -0.25) is 29.7 Å². The van der Waals surface area contributed by atoms with E-state index in [1.807, 2.05) is 84.2 Å². The number of nitrogens with one attached hydrogen (secondary N) is 3. The molecule has 15 heteroatoms. The number of aryl methyl sites for hydroxylation is 1. The Balaban J connectivity index is 0.839. The van der Waals surface area contributed by atoms with Gasteiger partial charge in [0.2, 0.25) is 5.91 Å². The number of amides is 4. The minimum absolute atomic E-state index is 0.0563. The van der Waals surface area contributed by atoms with E-state index in [2.05, 4.69) is 81.4 Å². The molecule has 2 fully saturated rings. The molecule has 2 saturated heterocycles. The predicted molar refractivity (Wildman–Crippen MR) is 246 cm³/mol. The number of imide groups is 1. The largest absolute Gasteiger partial charge is 0.372 e. The van der Waals surface area contributed by atoms with Crippen molar-refractivity contribution in [3.8, 4) is 11.3 Å². The average Bonchev–Trinajstić information content (AvgIpc) is 4.05. The Morgan fingerprint density at radius 1 is 1.05 bits per heavy atom. The summed E-state index contributed by atoms with van der Waals surface area (Å²) in [6.45, 7) is 19.4. The molecular formula is C48H55N11O4. The highest BCUT2D eigenvalue weighted by molar-refractivity contribution is 6.10. The third kappa shape index (κ3) is 9.53. The number of rotatable bonds is 12. The Morgan fingerprint density at radius 2 is 1.81 bits per heavy atom. The van der Waals surface area contributed by atoms with Crippen LogP contribution in [0.1, 0.15) is 86.3 Å². The number of aromatic amines is 1. The SMILES string of the molecule is C=C(/C=C\C(=NC)C1=CCN(CC2CCN(c3ccc(N4CCC(=O)NC4=O)cc3)CC2)C1)c1cc2c(-c3ccc([C@@H](C)NC(=O)c4nc(C(C)(C)C)no4)c(C)c3)ncnc2[nH]1. The van der Waals surface area contributed by atoms with Crippen LogP contribution in [0.2, 0.25) is 0 Å². The lowest BCUT2D eigenvalue weighted by Crippen LogP contribution is -2.49. The van der Waals surface area contributed by atoms with Gasteiger partial charge >= 0.3 is 17.8 Å². The normalized spacial score (nSPS) is 17.4. The Hall–Kier alpha value is -6.74. The number of hydrogen-bond donors (Lipinski definition) is 3. The summed E-state index contributed by atoms with van der Waals surface area (Å²) in [5, 5.41) is 10.2. The van der Waals surface area contributed by atoms with Gasteiger partial charge in [-0.25, -0.2) is 14.8 Å². The van der Waals surface area contributed by atoms with E-state index in [-0.39, 0.29) is 29.3 Å². The van der Waals surface area contributed by atoms with Crippen LogP contribution < -0.4 is 20.4 Å². The third-order valence-corrected chi connectivity index (χ3v) is 12.1. The van der Waals surface area contributed by atoms with Crippen LogP contribution in [0.15, 0.2) is 94.8 Å². The molecule has 0 saturated carbocycles. The number of benzene rings is 2. The van der Waals surface area contributed by atoms with E-state index in [1.54, 1.807) is 11.2 Å². The first kappa shape index (κ1) is 42.9. The Bertz CT molecular complexity index is 2640. The molecule has 3 aromatic heterocycles. The summed E-state index contributed by atoms with van der Waals surface area (Å²) in [5.74, 6) is 0.389. The summed E-state index contributed by atoms with van der Waals surface area (Å²) in [4.78, 5) is 64.9. The van der Waals surface area contributed by atoms with Gasteiger partial charge in [-0.1, -0.05) is 56.8 Å². The summed E-state index contributed by atoms with van der Waals surface area (Å²) in [6, 6.07) is 15.6. The Labute approximate surface area is 367 Å². The van der Waals surface area contributed by atoms with Gasteiger partial charge < -0.3 is 19.7 Å². The number of aliphatic imine (C=N–C) groups is 1. The zero-order valence-electron chi connectivity index (χ0n) is 36.9. The van der Waals surface area contributed by atoms with Crippen LogP contribution in [0.3, 0.4) is 0 Å². The van der Waals surface area contributed by atoms with E-state index in [9.17, 15) is 14.4 Å². The second-order valence-electron chi connectivity index (χ2n) is 17.7. The second-order valence-corrected chi connectivity index (χ2v) is 17.7. The molecule has 8 rings (SSSR count). The molecule has 0 bridgehead atoms. The van der Waals surface area contributed by atoms with Gasteiger partial charge in [-0.2, -0.15) is 4.98 Å². The van der Waals surface area contributed by atoms with E-state index in [0.29, 0.717) is 30.4 Å². The van der Waals surface area contributed by atoms with Crippen molar-refractivity contribution in [2.24, 2.45) is 10.9 Å². The van der Waals surface area contributed by atoms with Crippen LogP contribution in [-0.4, -0.2) is 99.9 Å². The molecule has 63 heavy (non-hydrogen) atoms. The topological polar surface area (TPSA) is 178 Å². The van der Waals surface area contributed by atoms with Gasteiger partial charge in [0.1, 0.15) is 12.0 Å². The molecule has 2 aromatic carbocycles. The Morgan fingerprint density at radius 3 is 2.51 bits per heavy atom. The highest BCUT2D eigenvalue weighted by Gasteiger charge is 2.28. The number of nitrogens with zero attached hydrogens (tertiary/aromatic N) is 8. The molecule has 0 unspecified atom stereocenters. The first-order chi connectivity index (χ1) is 30.2. The van der Waals surface area contributed by atoms with Crippen LogP contribution in [0, 0.1) is 12.8 Å². The molecule has 0 spiro atoms. The average molecular weight is 850 g/mol. The minimum atomic E-state index is -0.418. The number of H-pyrrole nitrogens is 1. The molecule has 5 aromatic rings. The molecule has 3 aliphatic rings. The van der Waals surface area contributed by atoms with E-state index >= 15 is 0 Å². The number of carbonyl (C=O) groups is 3. The van der Waals surface area contributed by atoms with Crippen molar-refractivity contribution in [1.82, 2.24) is 40.6 Å². The van der Waals surface area contributed by atoms with Crippen molar-refractivity contribution < 1.29 is 18.9 Å². The molecule has 6 heterocycles. The number of urea groups is 1. The summed E-state index contributed by atoms with van der Waals surface area (Å²) in [7, 11) is 1.83. The van der Waals surface area contributed by atoms with Gasteiger partial charge in [0.15, 0.2) is 5.82 Å². The maximum atomic E-state index is 12.9. The first-order valence-corrected chi connectivity index (χ1v) is 21.6. The van der Waals surface area contributed by atoms with Crippen LogP contribution in [0.25, 0.3) is 27.9 Å². The lowest BCUT2D eigenvalue weighted by Gasteiger charge is -2.35.